The second-order valence-electron chi connectivity index (χ2n) is 7.17. The van der Waals surface area contributed by atoms with Crippen LogP contribution in [0.4, 0.5) is 5.69 Å². The molecule has 0 spiro atoms. The molecule has 160 valence electrons. The number of rotatable bonds is 8. The van der Waals surface area contributed by atoms with Crippen molar-refractivity contribution in [3.63, 3.8) is 0 Å². The van der Waals surface area contributed by atoms with Gasteiger partial charge in [-0.25, -0.2) is 13.1 Å². The Bertz CT molecular complexity index is 1030. The number of halogens is 1. The average molecular weight is 452 g/mol. The number of non-ortho nitro benzene ring substituents is 1. The molecule has 0 heterocycles. The van der Waals surface area contributed by atoms with Gasteiger partial charge in [-0.05, 0) is 43.0 Å². The lowest BCUT2D eigenvalue weighted by molar-refractivity contribution is -0.384. The third-order valence-corrected chi connectivity index (χ3v) is 6.88. The fourth-order valence-electron chi connectivity index (χ4n) is 3.38. The van der Waals surface area contributed by atoms with Crippen LogP contribution in [0.1, 0.15) is 41.6 Å². The summed E-state index contributed by atoms with van der Waals surface area (Å²) in [4.78, 5) is 22.8. The van der Waals surface area contributed by atoms with Crippen molar-refractivity contribution in [2.45, 2.75) is 43.0 Å². The van der Waals surface area contributed by atoms with Gasteiger partial charge in [-0.1, -0.05) is 36.6 Å². The van der Waals surface area contributed by atoms with E-state index in [2.05, 4.69) is 10.0 Å². The number of carbonyl (C=O) groups excluding carboxylic acids is 1. The highest BCUT2D eigenvalue weighted by atomic mass is 35.5. The minimum atomic E-state index is -3.54. The van der Waals surface area contributed by atoms with E-state index in [0.717, 1.165) is 37.3 Å². The smallest absolute Gasteiger partial charge is 0.270 e. The number of nitrogens with one attached hydrogen (secondary N) is 2. The summed E-state index contributed by atoms with van der Waals surface area (Å²) in [6.07, 6.45) is 4.28. The normalized spacial score (nSPS) is 14.6. The number of carbonyl (C=O) groups is 1. The molecular weight excluding hydrogens is 430 g/mol. The number of hydrogen-bond donors (Lipinski definition) is 2. The van der Waals surface area contributed by atoms with Gasteiger partial charge in [0.25, 0.3) is 11.6 Å². The van der Waals surface area contributed by atoms with Crippen LogP contribution in [-0.4, -0.2) is 31.8 Å². The minimum Gasteiger partial charge on any atom is -0.352 e. The SMILES string of the molecule is O=C(NCCc1ccc(S(=O)(=O)NC2CCCC2)cc1)c1cc([N+](=O)[O-])ccc1Cl. The predicted octanol–water partition coefficient (Wildman–Crippen LogP) is 3.44. The molecule has 0 atom stereocenters. The number of amides is 1. The molecule has 1 amide bonds. The van der Waals surface area contributed by atoms with Crippen molar-refractivity contribution >= 4 is 33.2 Å². The van der Waals surface area contributed by atoms with Crippen LogP contribution in [0, 0.1) is 10.1 Å². The lowest BCUT2D eigenvalue weighted by atomic mass is 10.1. The quantitative estimate of drug-likeness (QED) is 0.470. The molecule has 0 aromatic heterocycles. The summed E-state index contributed by atoms with van der Waals surface area (Å²) in [5, 5.41) is 13.7. The molecule has 2 aromatic rings. The number of nitrogens with zero attached hydrogens (tertiary/aromatic N) is 1. The van der Waals surface area contributed by atoms with Crippen molar-refractivity contribution in [3.8, 4) is 0 Å². The Labute approximate surface area is 179 Å². The topological polar surface area (TPSA) is 118 Å². The second kappa shape index (κ2) is 9.55. The minimum absolute atomic E-state index is 0.00511. The van der Waals surface area contributed by atoms with Crippen molar-refractivity contribution in [2.24, 2.45) is 0 Å². The standard InChI is InChI=1S/C20H22ClN3O5S/c21-19-10-7-16(24(26)27)13-18(19)20(25)22-12-11-14-5-8-17(9-6-14)30(28,29)23-15-3-1-2-4-15/h5-10,13,15,23H,1-4,11-12H2,(H,22,25). The van der Waals surface area contributed by atoms with E-state index in [1.807, 2.05) is 0 Å². The van der Waals surface area contributed by atoms with Gasteiger partial charge in [-0.15, -0.1) is 0 Å². The molecule has 1 aliphatic carbocycles. The molecule has 0 radical (unpaired) electrons. The first-order chi connectivity index (χ1) is 14.3. The Morgan fingerprint density at radius 1 is 1.13 bits per heavy atom. The molecule has 30 heavy (non-hydrogen) atoms. The monoisotopic (exact) mass is 451 g/mol. The zero-order chi connectivity index (χ0) is 21.7. The van der Waals surface area contributed by atoms with Gasteiger partial charge in [0, 0.05) is 24.7 Å². The summed E-state index contributed by atoms with van der Waals surface area (Å²) >= 11 is 5.97. The maximum absolute atomic E-state index is 12.4. The molecule has 2 aromatic carbocycles. The van der Waals surface area contributed by atoms with Crippen LogP contribution in [0.15, 0.2) is 47.4 Å². The average Bonchev–Trinajstić information content (AvgIpc) is 3.20. The van der Waals surface area contributed by atoms with Gasteiger partial charge in [0.15, 0.2) is 0 Å². The molecule has 3 rings (SSSR count). The number of hydrogen-bond acceptors (Lipinski definition) is 5. The highest BCUT2D eigenvalue weighted by Crippen LogP contribution is 2.22. The van der Waals surface area contributed by atoms with Crippen LogP contribution >= 0.6 is 11.6 Å². The number of nitro benzene ring substituents is 1. The number of benzene rings is 2. The maximum atomic E-state index is 12.4. The van der Waals surface area contributed by atoms with E-state index in [1.165, 1.54) is 12.1 Å². The molecule has 0 unspecified atom stereocenters. The Morgan fingerprint density at radius 3 is 2.43 bits per heavy atom. The third-order valence-electron chi connectivity index (χ3n) is 5.02. The van der Waals surface area contributed by atoms with Gasteiger partial charge >= 0.3 is 0 Å². The van der Waals surface area contributed by atoms with E-state index >= 15 is 0 Å². The van der Waals surface area contributed by atoms with Crippen molar-refractivity contribution < 1.29 is 18.1 Å². The molecule has 10 heteroatoms. The highest BCUT2D eigenvalue weighted by Gasteiger charge is 2.22. The number of nitro groups is 1. The Morgan fingerprint density at radius 2 is 1.80 bits per heavy atom. The summed E-state index contributed by atoms with van der Waals surface area (Å²) in [7, 11) is -3.54. The molecule has 0 saturated heterocycles. The zero-order valence-electron chi connectivity index (χ0n) is 16.1. The lowest BCUT2D eigenvalue weighted by Gasteiger charge is -2.13. The van der Waals surface area contributed by atoms with Crippen molar-refractivity contribution in [1.29, 1.82) is 0 Å². The fourth-order valence-corrected chi connectivity index (χ4v) is 4.89. The number of sulfonamides is 1. The summed E-state index contributed by atoms with van der Waals surface area (Å²) in [6.45, 7) is 0.268. The third kappa shape index (κ3) is 5.56. The second-order valence-corrected chi connectivity index (χ2v) is 9.29. The first-order valence-corrected chi connectivity index (χ1v) is 11.5. The fraction of sp³-hybridized carbons (Fsp3) is 0.350. The van der Waals surface area contributed by atoms with Gasteiger partial charge in [-0.2, -0.15) is 0 Å². The maximum Gasteiger partial charge on any atom is 0.270 e. The summed E-state index contributed by atoms with van der Waals surface area (Å²) in [6, 6.07) is 10.2. The van der Waals surface area contributed by atoms with E-state index in [1.54, 1.807) is 24.3 Å². The van der Waals surface area contributed by atoms with Gasteiger partial charge < -0.3 is 5.32 Å². The Hall–Kier alpha value is -2.49. The largest absolute Gasteiger partial charge is 0.352 e. The summed E-state index contributed by atoms with van der Waals surface area (Å²) in [5.41, 5.74) is 0.665. The van der Waals surface area contributed by atoms with Crippen LogP contribution in [0.3, 0.4) is 0 Å². The highest BCUT2D eigenvalue weighted by molar-refractivity contribution is 7.89. The van der Waals surface area contributed by atoms with Crippen molar-refractivity contribution in [2.75, 3.05) is 6.54 Å². The van der Waals surface area contributed by atoms with Crippen LogP contribution in [0.2, 0.25) is 5.02 Å². The van der Waals surface area contributed by atoms with E-state index in [9.17, 15) is 23.3 Å². The first kappa shape index (κ1) is 22.2. The molecule has 8 nitrogen and oxygen atoms in total. The first-order valence-electron chi connectivity index (χ1n) is 9.60. The van der Waals surface area contributed by atoms with Crippen LogP contribution < -0.4 is 10.0 Å². The van der Waals surface area contributed by atoms with Crippen LogP contribution in [0.25, 0.3) is 0 Å². The molecule has 1 saturated carbocycles. The van der Waals surface area contributed by atoms with E-state index in [-0.39, 0.29) is 33.8 Å². The van der Waals surface area contributed by atoms with Crippen LogP contribution in [0.5, 0.6) is 0 Å². The van der Waals surface area contributed by atoms with Gasteiger partial charge in [0.05, 0.1) is 20.4 Å². The molecule has 1 aliphatic rings. The van der Waals surface area contributed by atoms with E-state index < -0.39 is 20.9 Å². The Balaban J connectivity index is 1.56. The summed E-state index contributed by atoms with van der Waals surface area (Å²) in [5.74, 6) is -0.510. The van der Waals surface area contributed by atoms with Crippen molar-refractivity contribution in [3.05, 3.63) is 68.7 Å². The molecule has 0 aliphatic heterocycles. The zero-order valence-corrected chi connectivity index (χ0v) is 17.7. The predicted molar refractivity (Wildman–Crippen MR) is 113 cm³/mol. The lowest BCUT2D eigenvalue weighted by Crippen LogP contribution is -2.32. The molecule has 1 fully saturated rings. The van der Waals surface area contributed by atoms with Crippen molar-refractivity contribution in [1.82, 2.24) is 10.0 Å². The van der Waals surface area contributed by atoms with Gasteiger partial charge in [-0.3, -0.25) is 14.9 Å². The van der Waals surface area contributed by atoms with E-state index in [0.29, 0.717) is 6.42 Å². The van der Waals surface area contributed by atoms with Gasteiger partial charge in [0.1, 0.15) is 0 Å². The van der Waals surface area contributed by atoms with Gasteiger partial charge in [0.2, 0.25) is 10.0 Å². The molecule has 2 N–H and O–H groups in total. The molecule has 0 bridgehead atoms. The summed E-state index contributed by atoms with van der Waals surface area (Å²) < 4.78 is 27.6. The Kier molecular flexibility index (Phi) is 7.06. The van der Waals surface area contributed by atoms with E-state index in [4.69, 9.17) is 11.6 Å². The van der Waals surface area contributed by atoms with Crippen LogP contribution in [-0.2, 0) is 16.4 Å². The molecular formula is C20H22ClN3O5S.